The van der Waals surface area contributed by atoms with E-state index in [1.807, 2.05) is 52.2 Å². The molecule has 0 radical (unpaired) electrons. The average molecular weight is 707 g/mol. The van der Waals surface area contributed by atoms with Gasteiger partial charge in [-0.3, -0.25) is 0 Å². The Kier molecular flexibility index (Phi) is 9.98. The predicted molar refractivity (Wildman–Crippen MR) is 202 cm³/mol. The van der Waals surface area contributed by atoms with E-state index in [0.29, 0.717) is 5.92 Å². The monoisotopic (exact) mass is 706 g/mol. The van der Waals surface area contributed by atoms with Gasteiger partial charge < -0.3 is 0 Å². The van der Waals surface area contributed by atoms with Crippen molar-refractivity contribution in [1.29, 1.82) is 10.5 Å². The Balaban J connectivity index is 1.27. The summed E-state index contributed by atoms with van der Waals surface area (Å²) in [7, 11) is 0. The number of fused-ring (bicyclic) bond motifs is 2. The molecule has 6 heterocycles. The number of nitriles is 2. The number of nitrogens with zero attached hydrogens (tertiary/aromatic N) is 4. The van der Waals surface area contributed by atoms with Crippen molar-refractivity contribution in [3.05, 3.63) is 92.0 Å². The fourth-order valence-electron chi connectivity index (χ4n) is 5.29. The van der Waals surface area contributed by atoms with Crippen LogP contribution in [0.4, 0.5) is 0 Å². The maximum Gasteiger partial charge on any atom is 0.263 e. The van der Waals surface area contributed by atoms with Crippen molar-refractivity contribution in [2.45, 2.75) is 46.0 Å². The van der Waals surface area contributed by atoms with Crippen molar-refractivity contribution >= 4 is 99.0 Å². The molecule has 10 heteroatoms. The molecule has 6 rings (SSSR count). The van der Waals surface area contributed by atoms with E-state index in [1.54, 1.807) is 46.2 Å². The summed E-state index contributed by atoms with van der Waals surface area (Å²) in [6.45, 7) is 19.0. The maximum absolute atomic E-state index is 9.35. The van der Waals surface area contributed by atoms with Crippen LogP contribution in [0.15, 0.2) is 53.9 Å². The molecule has 0 aliphatic carbocycles. The molecule has 0 aromatic carbocycles. The molecule has 6 aromatic heterocycles. The number of hydrogen-bond acceptors (Lipinski definition) is 8. The van der Waals surface area contributed by atoms with Crippen LogP contribution in [0.5, 0.6) is 0 Å². The SMILES string of the molecule is [C-]#[N+]/C(C#N)=C\c1cc(CC(CC)CCCC)c(-c2cc3sc(-c4cc5sc(-c6ccc(/C=C(\C#N)[N+]#[C-])s6)cc5s4)cc3s2)s1. The first-order valence-corrected chi connectivity index (χ1v) is 19.6. The van der Waals surface area contributed by atoms with E-state index < -0.39 is 0 Å². The Morgan fingerprint density at radius 1 is 0.717 bits per heavy atom. The minimum Gasteiger partial charge on any atom is -0.227 e. The lowest BCUT2D eigenvalue weighted by Gasteiger charge is -2.14. The van der Waals surface area contributed by atoms with Crippen molar-refractivity contribution in [2.75, 3.05) is 0 Å². The topological polar surface area (TPSA) is 56.3 Å². The molecular weight excluding hydrogens is 681 g/mol. The summed E-state index contributed by atoms with van der Waals surface area (Å²) in [6, 6.07) is 19.4. The van der Waals surface area contributed by atoms with Gasteiger partial charge >= 0.3 is 0 Å². The highest BCUT2D eigenvalue weighted by molar-refractivity contribution is 7.36. The third kappa shape index (κ3) is 6.80. The molecule has 1 unspecified atom stereocenters. The largest absolute Gasteiger partial charge is 0.263 e. The lowest BCUT2D eigenvalue weighted by Crippen LogP contribution is -2.03. The molecule has 0 saturated heterocycles. The summed E-state index contributed by atoms with van der Waals surface area (Å²) in [5.41, 5.74) is 1.56. The normalized spacial score (nSPS) is 12.7. The summed E-state index contributed by atoms with van der Waals surface area (Å²) in [6.07, 6.45) is 9.20. The van der Waals surface area contributed by atoms with Gasteiger partial charge in [-0.2, -0.15) is 0 Å². The minimum atomic E-state index is 0.101. The van der Waals surface area contributed by atoms with Crippen LogP contribution in [0.25, 0.3) is 69.9 Å². The molecule has 0 bridgehead atoms. The molecule has 226 valence electrons. The highest BCUT2D eigenvalue weighted by atomic mass is 32.1. The van der Waals surface area contributed by atoms with E-state index in [0.717, 1.165) is 27.5 Å². The minimum absolute atomic E-state index is 0.101. The maximum atomic E-state index is 9.35. The summed E-state index contributed by atoms with van der Waals surface area (Å²) >= 11 is 10.6. The van der Waals surface area contributed by atoms with Gasteiger partial charge in [-0.05, 0) is 72.5 Å². The van der Waals surface area contributed by atoms with Crippen LogP contribution < -0.4 is 0 Å². The van der Waals surface area contributed by atoms with E-state index in [-0.39, 0.29) is 11.4 Å². The lowest BCUT2D eigenvalue weighted by atomic mass is 9.92. The molecule has 46 heavy (non-hydrogen) atoms. The van der Waals surface area contributed by atoms with Gasteiger partial charge in [0.25, 0.3) is 11.4 Å². The van der Waals surface area contributed by atoms with E-state index >= 15 is 0 Å². The highest BCUT2D eigenvalue weighted by Crippen LogP contribution is 2.49. The number of hydrogen-bond donors (Lipinski definition) is 0. The van der Waals surface area contributed by atoms with Crippen LogP contribution in [-0.4, -0.2) is 0 Å². The van der Waals surface area contributed by atoms with E-state index in [4.69, 9.17) is 18.4 Å². The van der Waals surface area contributed by atoms with Crippen molar-refractivity contribution in [3.63, 3.8) is 0 Å². The number of allylic oxidation sites excluding steroid dienone is 2. The van der Waals surface area contributed by atoms with Crippen molar-refractivity contribution in [2.24, 2.45) is 5.92 Å². The number of rotatable bonds is 11. The first-order valence-electron chi connectivity index (χ1n) is 14.7. The quantitative estimate of drug-likeness (QED) is 0.0994. The van der Waals surface area contributed by atoms with Gasteiger partial charge in [-0.25, -0.2) is 20.2 Å². The third-order valence-electron chi connectivity index (χ3n) is 7.66. The average Bonchev–Trinajstić information content (AvgIpc) is 3.89. The zero-order valence-electron chi connectivity index (χ0n) is 25.0. The van der Waals surface area contributed by atoms with Gasteiger partial charge in [0.1, 0.15) is 0 Å². The van der Waals surface area contributed by atoms with Crippen molar-refractivity contribution in [1.82, 2.24) is 0 Å². The van der Waals surface area contributed by atoms with E-state index in [9.17, 15) is 5.26 Å². The Bertz CT molecular complexity index is 2190. The van der Waals surface area contributed by atoms with Crippen LogP contribution in [0.1, 0.15) is 54.8 Å². The lowest BCUT2D eigenvalue weighted by molar-refractivity contribution is 0.450. The fourth-order valence-corrected chi connectivity index (χ4v) is 12.5. The van der Waals surface area contributed by atoms with Crippen LogP contribution in [0, 0.1) is 41.7 Å². The molecule has 0 saturated carbocycles. The molecule has 0 amide bonds. The Morgan fingerprint density at radius 2 is 1.26 bits per heavy atom. The Labute approximate surface area is 292 Å². The number of thiophene rings is 6. The van der Waals surface area contributed by atoms with Crippen LogP contribution in [0.3, 0.4) is 0 Å². The van der Waals surface area contributed by atoms with Gasteiger partial charge in [0.2, 0.25) is 0 Å². The molecule has 0 spiro atoms. The Morgan fingerprint density at radius 3 is 1.80 bits per heavy atom. The zero-order chi connectivity index (χ0) is 32.2. The van der Waals surface area contributed by atoms with Crippen molar-refractivity contribution < 1.29 is 0 Å². The van der Waals surface area contributed by atoms with Gasteiger partial charge in [0, 0.05) is 57.8 Å². The van der Waals surface area contributed by atoms with Crippen LogP contribution >= 0.6 is 68.0 Å². The molecule has 0 aliphatic heterocycles. The predicted octanol–water partition coefficient (Wildman–Crippen LogP) is 13.7. The highest BCUT2D eigenvalue weighted by Gasteiger charge is 2.19. The second-order valence-corrected chi connectivity index (χ2v) is 17.3. The zero-order valence-corrected chi connectivity index (χ0v) is 29.9. The van der Waals surface area contributed by atoms with Gasteiger partial charge in [0.05, 0.1) is 25.3 Å². The molecule has 0 fully saturated rings. The molecule has 4 nitrogen and oxygen atoms in total. The first-order chi connectivity index (χ1) is 22.4. The molecule has 0 aliphatic rings. The summed E-state index contributed by atoms with van der Waals surface area (Å²) in [5.74, 6) is 0.627. The van der Waals surface area contributed by atoms with Crippen molar-refractivity contribution in [3.8, 4) is 41.4 Å². The van der Waals surface area contributed by atoms with Gasteiger partial charge in [-0.15, -0.1) is 68.0 Å². The van der Waals surface area contributed by atoms with E-state index in [2.05, 4.69) is 59.9 Å². The summed E-state index contributed by atoms with van der Waals surface area (Å²) in [4.78, 5) is 16.0. The first kappa shape index (κ1) is 32.1. The smallest absolute Gasteiger partial charge is 0.227 e. The van der Waals surface area contributed by atoms with Gasteiger partial charge in [0.15, 0.2) is 0 Å². The Hall–Kier alpha value is -3.84. The fraction of sp³-hybridized carbons (Fsp3) is 0.222. The molecule has 6 aromatic rings. The van der Waals surface area contributed by atoms with E-state index in [1.165, 1.54) is 68.0 Å². The summed E-state index contributed by atoms with van der Waals surface area (Å²) < 4.78 is 5.11. The molecule has 0 N–H and O–H groups in total. The second kappa shape index (κ2) is 14.3. The standard InChI is InChI=1S/C36H26N4S6/c1-5-7-8-21(6-2)11-22-12-26(14-24(20-38)40-4)42-36(22)35-18-34-33(46-35)17-32(45-34)31-16-30-29(44-31)15-28(43-30)27-10-9-25(41-27)13-23(19-37)39-3/h9-10,12-18,21H,5-8,11H2,1-2H3/b23-13+,24-14-. The van der Waals surface area contributed by atoms with Crippen LogP contribution in [-0.2, 0) is 6.42 Å². The number of unbranched alkanes of at least 4 members (excludes halogenated alkanes) is 1. The third-order valence-corrected chi connectivity index (χ3v) is 15.0. The second-order valence-electron chi connectivity index (χ2n) is 10.7. The molecular formula is C36H26N4S6. The van der Waals surface area contributed by atoms with Crippen LogP contribution in [0.2, 0.25) is 0 Å². The summed E-state index contributed by atoms with van der Waals surface area (Å²) in [5, 5.41) is 18.4. The molecule has 1 atom stereocenters. The van der Waals surface area contributed by atoms with Gasteiger partial charge in [-0.1, -0.05) is 39.5 Å².